The summed E-state index contributed by atoms with van der Waals surface area (Å²) in [6, 6.07) is 22.8. The van der Waals surface area contributed by atoms with Crippen molar-refractivity contribution in [2.45, 2.75) is 19.6 Å². The second-order valence-electron chi connectivity index (χ2n) is 8.85. The fraction of sp³-hybridized carbons (Fsp3) is 0.276. The summed E-state index contributed by atoms with van der Waals surface area (Å²) in [4.78, 5) is 6.76. The van der Waals surface area contributed by atoms with E-state index in [1.165, 1.54) is 0 Å². The number of ether oxygens (including phenoxy) is 3. The minimum atomic E-state index is -0.547. The second kappa shape index (κ2) is 15.7. The van der Waals surface area contributed by atoms with Crippen molar-refractivity contribution in [3.63, 3.8) is 0 Å². The molecule has 4 rings (SSSR count). The van der Waals surface area contributed by atoms with E-state index < -0.39 is 6.10 Å². The summed E-state index contributed by atoms with van der Waals surface area (Å²) in [5.41, 5.74) is 2.74. The first-order valence-corrected chi connectivity index (χ1v) is 12.5. The van der Waals surface area contributed by atoms with Crippen LogP contribution in [0.25, 0.3) is 16.9 Å². The fourth-order valence-corrected chi connectivity index (χ4v) is 3.90. The number of hydrogen-bond acceptors (Lipinski definition) is 6. The molecule has 39 heavy (non-hydrogen) atoms. The van der Waals surface area contributed by atoms with Gasteiger partial charge in [-0.1, -0.05) is 11.6 Å². The first kappa shape index (κ1) is 32.4. The van der Waals surface area contributed by atoms with Gasteiger partial charge in [-0.25, -0.2) is 4.98 Å². The summed E-state index contributed by atoms with van der Waals surface area (Å²) in [5.74, 6) is 2.95. The predicted molar refractivity (Wildman–Crippen MR) is 160 cm³/mol. The molecule has 10 heteroatoms. The Morgan fingerprint density at radius 3 is 2.08 bits per heavy atom. The molecule has 0 saturated carbocycles. The van der Waals surface area contributed by atoms with Gasteiger partial charge in [-0.2, -0.15) is 0 Å². The number of rotatable bonds is 12. The van der Waals surface area contributed by atoms with Gasteiger partial charge in [0.05, 0.1) is 5.69 Å². The van der Waals surface area contributed by atoms with Gasteiger partial charge >= 0.3 is 0 Å². The standard InChI is InChI=1S/C29H32ClN3O4.2ClH/c1-4-35-20-29-31-28(21-5-11-25(12-6-21)36-19-24(34)17-32(2)3)18-33(29)23-9-15-27(16-10-23)37-26-13-7-22(30)8-14-26;;/h5-16,18,24,34H,4,17,19-20H2,1-3H3;2*1H/t24-;;/m1../s1. The molecule has 1 aromatic heterocycles. The molecule has 0 spiro atoms. The highest BCUT2D eigenvalue weighted by atomic mass is 35.5. The number of aliphatic hydroxyl groups is 1. The van der Waals surface area contributed by atoms with Crippen molar-refractivity contribution in [3.8, 4) is 34.2 Å². The Bertz CT molecular complexity index is 1260. The smallest absolute Gasteiger partial charge is 0.140 e. The molecule has 4 aromatic rings. The van der Waals surface area contributed by atoms with Gasteiger partial charge in [-0.15, -0.1) is 24.8 Å². The van der Waals surface area contributed by atoms with Crippen molar-refractivity contribution in [2.75, 3.05) is 33.9 Å². The topological polar surface area (TPSA) is 69.0 Å². The summed E-state index contributed by atoms with van der Waals surface area (Å²) in [5, 5.41) is 10.7. The highest BCUT2D eigenvalue weighted by Gasteiger charge is 2.13. The minimum Gasteiger partial charge on any atom is -0.491 e. The molecule has 0 saturated heterocycles. The molecule has 7 nitrogen and oxygen atoms in total. The van der Waals surface area contributed by atoms with E-state index >= 15 is 0 Å². The van der Waals surface area contributed by atoms with Crippen LogP contribution in [-0.2, 0) is 11.3 Å². The van der Waals surface area contributed by atoms with Crippen LogP contribution in [0.5, 0.6) is 17.2 Å². The van der Waals surface area contributed by atoms with Crippen molar-refractivity contribution < 1.29 is 19.3 Å². The average molecular weight is 595 g/mol. The Morgan fingerprint density at radius 2 is 1.49 bits per heavy atom. The zero-order valence-electron chi connectivity index (χ0n) is 22.1. The van der Waals surface area contributed by atoms with Gasteiger partial charge in [-0.3, -0.25) is 0 Å². The van der Waals surface area contributed by atoms with E-state index in [4.69, 9.17) is 30.8 Å². The molecule has 0 radical (unpaired) electrons. The highest BCUT2D eigenvalue weighted by molar-refractivity contribution is 6.30. The third-order valence-electron chi connectivity index (χ3n) is 5.55. The van der Waals surface area contributed by atoms with Crippen molar-refractivity contribution in [1.82, 2.24) is 14.5 Å². The SMILES string of the molecule is CCOCc1nc(-c2ccc(OC[C@H](O)CN(C)C)cc2)cn1-c1ccc(Oc2ccc(Cl)cc2)cc1.Cl.Cl. The lowest BCUT2D eigenvalue weighted by Crippen LogP contribution is -2.30. The molecular formula is C29H34Cl3N3O4. The largest absolute Gasteiger partial charge is 0.491 e. The Morgan fingerprint density at radius 1 is 0.897 bits per heavy atom. The Kier molecular flexibility index (Phi) is 13.1. The molecule has 0 amide bonds. The first-order chi connectivity index (χ1) is 17.9. The van der Waals surface area contributed by atoms with E-state index in [0.29, 0.717) is 30.5 Å². The van der Waals surface area contributed by atoms with E-state index in [1.54, 1.807) is 12.1 Å². The average Bonchev–Trinajstić information content (AvgIpc) is 3.32. The number of aromatic nitrogens is 2. The van der Waals surface area contributed by atoms with Crippen LogP contribution in [0, 0.1) is 0 Å². The molecule has 0 aliphatic carbocycles. The first-order valence-electron chi connectivity index (χ1n) is 12.2. The fourth-order valence-electron chi connectivity index (χ4n) is 3.78. The number of likely N-dealkylation sites (N-methyl/N-ethyl adjacent to an activating group) is 1. The molecule has 0 aliphatic heterocycles. The van der Waals surface area contributed by atoms with Gasteiger partial charge < -0.3 is 28.8 Å². The summed E-state index contributed by atoms with van der Waals surface area (Å²) in [7, 11) is 3.83. The van der Waals surface area contributed by atoms with Crippen LogP contribution < -0.4 is 9.47 Å². The van der Waals surface area contributed by atoms with Gasteiger partial charge in [0.1, 0.15) is 42.4 Å². The zero-order valence-corrected chi connectivity index (χ0v) is 24.5. The molecule has 1 atom stereocenters. The molecule has 3 aromatic carbocycles. The molecule has 0 unspecified atom stereocenters. The Balaban J connectivity index is 0.00000267. The number of nitrogens with zero attached hydrogens (tertiary/aromatic N) is 3. The number of aliphatic hydroxyl groups excluding tert-OH is 1. The number of hydrogen-bond donors (Lipinski definition) is 1. The lowest BCUT2D eigenvalue weighted by molar-refractivity contribution is 0.0831. The molecule has 210 valence electrons. The highest BCUT2D eigenvalue weighted by Crippen LogP contribution is 2.27. The maximum Gasteiger partial charge on any atom is 0.140 e. The van der Waals surface area contributed by atoms with E-state index in [2.05, 4.69) is 0 Å². The lowest BCUT2D eigenvalue weighted by Gasteiger charge is -2.16. The predicted octanol–water partition coefficient (Wildman–Crippen LogP) is 6.67. The van der Waals surface area contributed by atoms with E-state index in [9.17, 15) is 5.11 Å². The third kappa shape index (κ3) is 9.42. The van der Waals surface area contributed by atoms with Crippen LogP contribution in [0.2, 0.25) is 5.02 Å². The Labute approximate surface area is 247 Å². The number of halogens is 3. The molecule has 0 fully saturated rings. The number of imidazole rings is 1. The van der Waals surface area contributed by atoms with Crippen LogP contribution >= 0.6 is 36.4 Å². The number of benzene rings is 3. The summed E-state index contributed by atoms with van der Waals surface area (Å²) >= 11 is 5.96. The maximum atomic E-state index is 10.0. The second-order valence-corrected chi connectivity index (χ2v) is 9.29. The zero-order chi connectivity index (χ0) is 26.2. The summed E-state index contributed by atoms with van der Waals surface area (Å²) in [6.45, 7) is 3.74. The van der Waals surface area contributed by atoms with Crippen LogP contribution in [-0.4, -0.2) is 59.5 Å². The van der Waals surface area contributed by atoms with Crippen molar-refractivity contribution in [1.29, 1.82) is 0 Å². The van der Waals surface area contributed by atoms with Crippen molar-refractivity contribution in [3.05, 3.63) is 89.8 Å². The van der Waals surface area contributed by atoms with Crippen LogP contribution in [0.4, 0.5) is 0 Å². The van der Waals surface area contributed by atoms with Gasteiger partial charge in [0.2, 0.25) is 0 Å². The quantitative estimate of drug-likeness (QED) is 0.198. The molecule has 0 aliphatic rings. The van der Waals surface area contributed by atoms with Crippen molar-refractivity contribution >= 4 is 36.4 Å². The molecule has 1 heterocycles. The van der Waals surface area contributed by atoms with Crippen LogP contribution in [0.1, 0.15) is 12.7 Å². The molecular weight excluding hydrogens is 561 g/mol. The monoisotopic (exact) mass is 593 g/mol. The van der Waals surface area contributed by atoms with Crippen molar-refractivity contribution in [2.24, 2.45) is 0 Å². The van der Waals surface area contributed by atoms with Gasteiger partial charge in [0.15, 0.2) is 0 Å². The summed E-state index contributed by atoms with van der Waals surface area (Å²) in [6.07, 6.45) is 1.45. The normalized spacial score (nSPS) is 11.4. The van der Waals surface area contributed by atoms with Gasteiger partial charge in [0.25, 0.3) is 0 Å². The van der Waals surface area contributed by atoms with E-state index in [1.807, 2.05) is 97.3 Å². The van der Waals surface area contributed by atoms with E-state index in [0.717, 1.165) is 34.3 Å². The minimum absolute atomic E-state index is 0. The Hall–Kier alpha value is -2.78. The summed E-state index contributed by atoms with van der Waals surface area (Å²) < 4.78 is 19.4. The maximum absolute atomic E-state index is 10.0. The van der Waals surface area contributed by atoms with Gasteiger partial charge in [-0.05, 0) is 93.8 Å². The van der Waals surface area contributed by atoms with Crippen LogP contribution in [0.3, 0.4) is 0 Å². The van der Waals surface area contributed by atoms with E-state index in [-0.39, 0.29) is 31.4 Å². The molecule has 0 bridgehead atoms. The third-order valence-corrected chi connectivity index (χ3v) is 5.80. The van der Waals surface area contributed by atoms with Crippen LogP contribution in [0.15, 0.2) is 79.0 Å². The molecule has 1 N–H and O–H groups in total. The van der Waals surface area contributed by atoms with Gasteiger partial charge in [0, 0.05) is 35.6 Å². The lowest BCUT2D eigenvalue weighted by atomic mass is 10.1.